The van der Waals surface area contributed by atoms with Crippen molar-refractivity contribution in [3.05, 3.63) is 83.4 Å². The maximum Gasteiger partial charge on any atom is 0.217 e. The number of hydrogen-bond acceptors (Lipinski definition) is 7. The molecular formula is C24H29N3O5S. The van der Waals surface area contributed by atoms with Crippen molar-refractivity contribution < 1.29 is 22.6 Å². The van der Waals surface area contributed by atoms with Crippen molar-refractivity contribution in [3.8, 4) is 11.5 Å². The minimum Gasteiger partial charge on any atom is -0.497 e. The fraction of sp³-hybridized carbons (Fsp3) is 0.333. The fourth-order valence-electron chi connectivity index (χ4n) is 3.24. The van der Waals surface area contributed by atoms with E-state index < -0.39 is 16.1 Å². The Balaban J connectivity index is 1.87. The topological polar surface area (TPSA) is 90.9 Å². The van der Waals surface area contributed by atoms with Crippen LogP contribution in [-0.2, 0) is 27.8 Å². The van der Waals surface area contributed by atoms with Crippen molar-refractivity contribution in [2.75, 3.05) is 27.1 Å². The second-order valence-electron chi connectivity index (χ2n) is 7.59. The number of aryl methyl sites for hydroxylation is 1. The van der Waals surface area contributed by atoms with Gasteiger partial charge in [0.15, 0.2) is 5.82 Å². The van der Waals surface area contributed by atoms with Gasteiger partial charge in [0.2, 0.25) is 10.0 Å². The van der Waals surface area contributed by atoms with E-state index in [0.29, 0.717) is 17.3 Å². The summed E-state index contributed by atoms with van der Waals surface area (Å²) in [4.78, 5) is 8.50. The molecule has 9 heteroatoms. The largest absolute Gasteiger partial charge is 0.497 e. The highest BCUT2D eigenvalue weighted by Gasteiger charge is 2.29. The number of aromatic nitrogens is 2. The summed E-state index contributed by atoms with van der Waals surface area (Å²) in [7, 11) is 0.887. The molecule has 1 unspecified atom stereocenters. The molecule has 0 N–H and O–H groups in total. The van der Waals surface area contributed by atoms with Crippen LogP contribution in [0.3, 0.4) is 0 Å². The SMILES string of the molecule is COc1ccc(CN(Cc2ccc(OC)cc2)S(=O)(=O)CC(OC)c2ncc(C)cn2)cc1. The standard InChI is InChI=1S/C24H29N3O5S/c1-18-13-25-24(26-14-18)23(32-4)17-33(28,29)27(15-19-5-9-21(30-2)10-6-19)16-20-7-11-22(31-3)12-8-20/h5-14,23H,15-17H2,1-4H3. The number of sulfonamides is 1. The van der Waals surface area contributed by atoms with Gasteiger partial charge in [-0.05, 0) is 47.9 Å². The zero-order valence-electron chi connectivity index (χ0n) is 19.3. The van der Waals surface area contributed by atoms with Gasteiger partial charge in [0, 0.05) is 32.6 Å². The predicted octanol–water partition coefficient (Wildman–Crippen LogP) is 3.52. The second kappa shape index (κ2) is 11.2. The second-order valence-corrected chi connectivity index (χ2v) is 9.60. The summed E-state index contributed by atoms with van der Waals surface area (Å²) in [5, 5.41) is 0. The van der Waals surface area contributed by atoms with Crippen molar-refractivity contribution in [1.82, 2.24) is 14.3 Å². The van der Waals surface area contributed by atoms with Crippen LogP contribution >= 0.6 is 0 Å². The summed E-state index contributed by atoms with van der Waals surface area (Å²) in [6.07, 6.45) is 2.51. The van der Waals surface area contributed by atoms with Gasteiger partial charge in [-0.2, -0.15) is 4.31 Å². The lowest BCUT2D eigenvalue weighted by atomic mass is 10.2. The Morgan fingerprint density at radius 1 is 0.818 bits per heavy atom. The average Bonchev–Trinajstić information content (AvgIpc) is 2.83. The van der Waals surface area contributed by atoms with Gasteiger partial charge in [-0.15, -0.1) is 0 Å². The molecule has 0 saturated heterocycles. The summed E-state index contributed by atoms with van der Waals surface area (Å²) in [6.45, 7) is 2.26. The Morgan fingerprint density at radius 2 is 1.27 bits per heavy atom. The number of ether oxygens (including phenoxy) is 3. The predicted molar refractivity (Wildman–Crippen MR) is 126 cm³/mol. The molecule has 0 aliphatic carbocycles. The molecule has 0 fully saturated rings. The first-order valence-electron chi connectivity index (χ1n) is 10.4. The summed E-state index contributed by atoms with van der Waals surface area (Å²) in [5.41, 5.74) is 2.57. The van der Waals surface area contributed by atoms with Crippen LogP contribution in [0.15, 0.2) is 60.9 Å². The lowest BCUT2D eigenvalue weighted by molar-refractivity contribution is 0.113. The molecule has 1 atom stereocenters. The third-order valence-corrected chi connectivity index (χ3v) is 6.93. The first-order chi connectivity index (χ1) is 15.8. The van der Waals surface area contributed by atoms with Crippen molar-refractivity contribution in [2.24, 2.45) is 0 Å². The molecule has 0 bridgehead atoms. The Kier molecular flexibility index (Phi) is 8.37. The van der Waals surface area contributed by atoms with Crippen molar-refractivity contribution in [3.63, 3.8) is 0 Å². The summed E-state index contributed by atoms with van der Waals surface area (Å²) < 4.78 is 44.4. The smallest absolute Gasteiger partial charge is 0.217 e. The van der Waals surface area contributed by atoms with E-state index in [2.05, 4.69) is 9.97 Å². The van der Waals surface area contributed by atoms with Gasteiger partial charge < -0.3 is 14.2 Å². The van der Waals surface area contributed by atoms with Crippen LogP contribution in [0.4, 0.5) is 0 Å². The molecule has 0 aliphatic heterocycles. The molecule has 0 saturated carbocycles. The van der Waals surface area contributed by atoms with Crippen LogP contribution in [0.1, 0.15) is 28.6 Å². The molecule has 0 radical (unpaired) electrons. The molecular weight excluding hydrogens is 442 g/mol. The van der Waals surface area contributed by atoms with Crippen LogP contribution in [0.25, 0.3) is 0 Å². The number of rotatable bonds is 11. The van der Waals surface area contributed by atoms with Crippen molar-refractivity contribution in [2.45, 2.75) is 26.1 Å². The van der Waals surface area contributed by atoms with Crippen LogP contribution in [0.5, 0.6) is 11.5 Å². The highest BCUT2D eigenvalue weighted by atomic mass is 32.2. The van der Waals surface area contributed by atoms with Gasteiger partial charge in [0.25, 0.3) is 0 Å². The average molecular weight is 472 g/mol. The van der Waals surface area contributed by atoms with Gasteiger partial charge in [-0.25, -0.2) is 18.4 Å². The van der Waals surface area contributed by atoms with E-state index in [1.165, 1.54) is 11.4 Å². The van der Waals surface area contributed by atoms with Crippen LogP contribution in [0.2, 0.25) is 0 Å². The quantitative estimate of drug-likeness (QED) is 0.423. The molecule has 33 heavy (non-hydrogen) atoms. The highest BCUT2D eigenvalue weighted by molar-refractivity contribution is 7.89. The number of nitrogens with zero attached hydrogens (tertiary/aromatic N) is 3. The lowest BCUT2D eigenvalue weighted by Gasteiger charge is -2.25. The third-order valence-electron chi connectivity index (χ3n) is 5.16. The molecule has 1 aromatic heterocycles. The minimum absolute atomic E-state index is 0.198. The monoisotopic (exact) mass is 471 g/mol. The van der Waals surface area contributed by atoms with E-state index in [9.17, 15) is 8.42 Å². The Morgan fingerprint density at radius 3 is 1.67 bits per heavy atom. The normalized spacial score (nSPS) is 12.5. The Labute approximate surface area is 195 Å². The highest BCUT2D eigenvalue weighted by Crippen LogP contribution is 2.23. The zero-order valence-corrected chi connectivity index (χ0v) is 20.1. The van der Waals surface area contributed by atoms with Crippen LogP contribution < -0.4 is 9.47 Å². The molecule has 0 spiro atoms. The van der Waals surface area contributed by atoms with Crippen LogP contribution in [-0.4, -0.2) is 49.8 Å². The Bertz CT molecular complexity index is 1070. The molecule has 0 aliphatic rings. The van der Waals surface area contributed by atoms with Crippen molar-refractivity contribution in [1.29, 1.82) is 0 Å². The Hall–Kier alpha value is -3.01. The molecule has 0 amide bonds. The van der Waals surface area contributed by atoms with E-state index in [1.54, 1.807) is 26.6 Å². The van der Waals surface area contributed by atoms with Gasteiger partial charge >= 0.3 is 0 Å². The van der Waals surface area contributed by atoms with E-state index in [0.717, 1.165) is 16.7 Å². The maximum atomic E-state index is 13.5. The van der Waals surface area contributed by atoms with E-state index in [4.69, 9.17) is 14.2 Å². The molecule has 3 rings (SSSR count). The first kappa shape index (κ1) is 24.6. The van der Waals surface area contributed by atoms with E-state index in [1.807, 2.05) is 55.5 Å². The molecule has 2 aromatic carbocycles. The number of methoxy groups -OCH3 is 3. The fourth-order valence-corrected chi connectivity index (χ4v) is 4.81. The van der Waals surface area contributed by atoms with Gasteiger partial charge in [-0.3, -0.25) is 0 Å². The third kappa shape index (κ3) is 6.74. The number of hydrogen-bond donors (Lipinski definition) is 0. The summed E-state index contributed by atoms with van der Waals surface area (Å²) >= 11 is 0. The molecule has 8 nitrogen and oxygen atoms in total. The van der Waals surface area contributed by atoms with E-state index >= 15 is 0 Å². The van der Waals surface area contributed by atoms with Gasteiger partial charge in [-0.1, -0.05) is 24.3 Å². The zero-order chi connectivity index (χ0) is 23.8. The molecule has 1 heterocycles. The summed E-state index contributed by atoms with van der Waals surface area (Å²) in [5.74, 6) is 1.47. The maximum absolute atomic E-state index is 13.5. The van der Waals surface area contributed by atoms with Gasteiger partial charge in [0.05, 0.1) is 20.0 Å². The molecule has 3 aromatic rings. The van der Waals surface area contributed by atoms with Crippen LogP contribution in [0, 0.1) is 6.92 Å². The number of benzene rings is 2. The first-order valence-corrected chi connectivity index (χ1v) is 12.0. The lowest BCUT2D eigenvalue weighted by Crippen LogP contribution is -2.34. The summed E-state index contributed by atoms with van der Waals surface area (Å²) in [6, 6.07) is 14.7. The van der Waals surface area contributed by atoms with E-state index in [-0.39, 0.29) is 18.8 Å². The molecule has 176 valence electrons. The van der Waals surface area contributed by atoms with Gasteiger partial charge in [0.1, 0.15) is 17.6 Å². The minimum atomic E-state index is -3.75. The van der Waals surface area contributed by atoms with Crippen molar-refractivity contribution >= 4 is 10.0 Å².